The lowest BCUT2D eigenvalue weighted by molar-refractivity contribution is -0.254. The third-order valence-corrected chi connectivity index (χ3v) is 8.47. The molecule has 1 aliphatic rings. The Morgan fingerprint density at radius 2 is 1.94 bits per heavy atom. The number of hydrogen-bond donors (Lipinski definition) is 3. The van der Waals surface area contributed by atoms with Crippen LogP contribution in [-0.2, 0) is 27.4 Å². The van der Waals surface area contributed by atoms with Crippen molar-refractivity contribution in [3.63, 3.8) is 0 Å². The summed E-state index contributed by atoms with van der Waals surface area (Å²) >= 11 is 0. The number of nitrogens with zero attached hydrogens (tertiary/aromatic N) is 1. The van der Waals surface area contributed by atoms with Crippen LogP contribution < -0.4 is 10.5 Å². The van der Waals surface area contributed by atoms with Gasteiger partial charge in [0.1, 0.15) is 23.7 Å². The molecule has 1 aromatic heterocycles. The Morgan fingerprint density at radius 1 is 1.25 bits per heavy atom. The summed E-state index contributed by atoms with van der Waals surface area (Å²) in [5, 5.41) is 0.714. The summed E-state index contributed by atoms with van der Waals surface area (Å²) in [7, 11) is -3.02. The molecular weight excluding hydrogens is 502 g/mol. The first-order valence-electron chi connectivity index (χ1n) is 11.4. The molecule has 1 amide bonds. The molecule has 0 radical (unpaired) electrons. The van der Waals surface area contributed by atoms with Gasteiger partial charge in [0.05, 0.1) is 11.1 Å². The topological polar surface area (TPSA) is 110 Å². The second kappa shape index (κ2) is 9.92. The van der Waals surface area contributed by atoms with E-state index < -0.39 is 33.9 Å². The van der Waals surface area contributed by atoms with Crippen molar-refractivity contribution in [3.8, 4) is 5.75 Å². The van der Waals surface area contributed by atoms with Crippen LogP contribution in [0.3, 0.4) is 0 Å². The van der Waals surface area contributed by atoms with Crippen LogP contribution in [0.5, 0.6) is 5.75 Å². The molecule has 1 atom stereocenters. The second-order valence-electron chi connectivity index (χ2n) is 8.75. The number of hydrogen-bond acceptors (Lipinski definition) is 3. The smallest absolute Gasteiger partial charge is 0.416 e. The van der Waals surface area contributed by atoms with Crippen LogP contribution in [0.15, 0.2) is 36.5 Å². The molecule has 3 aromatic rings. The number of fused-ring (bicyclic) bond motifs is 1. The molecular formula is C24H27F4N3O4S+2. The summed E-state index contributed by atoms with van der Waals surface area (Å²) in [5.74, 6) is -1.04. The van der Waals surface area contributed by atoms with E-state index >= 15 is 0 Å². The second-order valence-corrected chi connectivity index (χ2v) is 11.1. The number of aromatic nitrogens is 1. The van der Waals surface area contributed by atoms with Crippen molar-refractivity contribution in [2.45, 2.75) is 38.5 Å². The van der Waals surface area contributed by atoms with Crippen LogP contribution in [0, 0.1) is 5.82 Å². The molecule has 4 rings (SSSR count). The molecule has 1 unspecified atom stereocenters. The maximum Gasteiger partial charge on any atom is 0.416 e. The predicted molar refractivity (Wildman–Crippen MR) is 126 cm³/mol. The van der Waals surface area contributed by atoms with E-state index in [2.05, 4.69) is 10.7 Å². The zero-order chi connectivity index (χ0) is 26.3. The highest BCUT2D eigenvalue weighted by Crippen LogP contribution is 2.37. The van der Waals surface area contributed by atoms with E-state index in [1.807, 2.05) is 0 Å². The van der Waals surface area contributed by atoms with E-state index in [4.69, 9.17) is 4.74 Å². The number of rotatable bonds is 7. The van der Waals surface area contributed by atoms with E-state index in [0.717, 1.165) is 17.7 Å². The molecule has 7 nitrogen and oxygen atoms in total. The minimum Gasteiger partial charge on any atom is -0.489 e. The minimum atomic E-state index is -4.65. The summed E-state index contributed by atoms with van der Waals surface area (Å²) in [6.07, 6.45) is -1.58. The summed E-state index contributed by atoms with van der Waals surface area (Å²) in [6.45, 7) is 2.24. The normalized spacial score (nSPS) is 17.3. The number of alkyl halides is 3. The number of aromatic amines is 1. The highest BCUT2D eigenvalue weighted by atomic mass is 32.3. The van der Waals surface area contributed by atoms with Gasteiger partial charge in [-0.1, -0.05) is 10.4 Å². The van der Waals surface area contributed by atoms with Gasteiger partial charge in [-0.3, -0.25) is 5.73 Å². The molecule has 36 heavy (non-hydrogen) atoms. The zero-order valence-electron chi connectivity index (χ0n) is 19.5. The number of ether oxygens (including phenoxy) is 1. The van der Waals surface area contributed by atoms with Crippen LogP contribution in [0.25, 0.3) is 10.9 Å². The average Bonchev–Trinajstić information content (AvgIpc) is 3.26. The quantitative estimate of drug-likeness (QED) is 0.312. The molecule has 2 aromatic carbocycles. The Morgan fingerprint density at radius 3 is 2.53 bits per heavy atom. The van der Waals surface area contributed by atoms with E-state index in [1.165, 1.54) is 6.07 Å². The monoisotopic (exact) mass is 529 g/mol. The SMILES string of the molecule is CC[S+](=O)(O)N1CCC(c2c[nH]c3c(C([NH3+])=O)cc(OCc4ccc(C(F)(F)F)cc4F)cc23)CC1. The Hall–Kier alpha value is -2.80. The van der Waals surface area contributed by atoms with Crippen LogP contribution in [-0.4, -0.2) is 38.6 Å². The lowest BCUT2D eigenvalue weighted by atomic mass is 9.89. The molecule has 0 aliphatic carbocycles. The van der Waals surface area contributed by atoms with Gasteiger partial charge < -0.3 is 9.72 Å². The molecule has 5 N–H and O–H groups in total. The highest BCUT2D eigenvalue weighted by molar-refractivity contribution is 7.95. The number of carbonyl (C=O) groups is 1. The largest absolute Gasteiger partial charge is 0.489 e. The first-order chi connectivity index (χ1) is 16.9. The van der Waals surface area contributed by atoms with Gasteiger partial charge in [-0.2, -0.15) is 17.7 Å². The van der Waals surface area contributed by atoms with Crippen molar-refractivity contribution in [3.05, 3.63) is 64.6 Å². The maximum atomic E-state index is 14.3. The maximum absolute atomic E-state index is 14.3. The van der Waals surface area contributed by atoms with Crippen LogP contribution in [0.4, 0.5) is 17.6 Å². The third kappa shape index (κ3) is 5.31. The number of nitrogens with one attached hydrogen (secondary N) is 1. The number of benzene rings is 2. The van der Waals surface area contributed by atoms with E-state index in [-0.39, 0.29) is 35.2 Å². The number of halogens is 4. The number of piperidine rings is 1. The fraction of sp³-hybridized carbons (Fsp3) is 0.375. The predicted octanol–water partition coefficient (Wildman–Crippen LogP) is 4.37. The number of H-pyrrole nitrogens is 1. The molecule has 0 spiro atoms. The summed E-state index contributed by atoms with van der Waals surface area (Å²) < 4.78 is 82.4. The Balaban J connectivity index is 1.59. The first-order valence-corrected chi connectivity index (χ1v) is 13.0. The molecule has 0 bridgehead atoms. The van der Waals surface area contributed by atoms with Gasteiger partial charge in [0, 0.05) is 30.2 Å². The van der Waals surface area contributed by atoms with Gasteiger partial charge in [-0.25, -0.2) is 9.18 Å². The molecule has 0 saturated carbocycles. The standard InChI is InChI=1S/C24H25F4N3O4S/c1-2-36(33,34)31-7-5-14(6-8-31)20-12-30-22-18(20)10-17(11-19(22)23(29)32)35-13-15-3-4-16(9-21(15)25)24(26,27)28/h3-4,9-12,14H,2,5-8,13H2,1H3,(H3-,29,30,32,33,34)/p+2. The van der Waals surface area contributed by atoms with Crippen molar-refractivity contribution in [2.24, 2.45) is 0 Å². The molecule has 1 aliphatic heterocycles. The van der Waals surface area contributed by atoms with Crippen molar-refractivity contribution >= 4 is 27.2 Å². The molecule has 1 fully saturated rings. The molecule has 12 heteroatoms. The Kier molecular flexibility index (Phi) is 7.24. The van der Waals surface area contributed by atoms with Gasteiger partial charge in [-0.05, 0) is 59.7 Å². The first kappa shape index (κ1) is 26.3. The van der Waals surface area contributed by atoms with Crippen molar-refractivity contribution in [1.29, 1.82) is 0 Å². The van der Waals surface area contributed by atoms with Crippen LogP contribution in [0.2, 0.25) is 0 Å². The van der Waals surface area contributed by atoms with Gasteiger partial charge in [0.25, 0.3) is 10.4 Å². The van der Waals surface area contributed by atoms with Gasteiger partial charge in [0.15, 0.2) is 5.75 Å². The summed E-state index contributed by atoms with van der Waals surface area (Å²) in [5.41, 5.74) is 4.09. The summed E-state index contributed by atoms with van der Waals surface area (Å²) in [4.78, 5) is 15.3. The van der Waals surface area contributed by atoms with E-state index in [9.17, 15) is 31.1 Å². The average molecular weight is 530 g/mol. The summed E-state index contributed by atoms with van der Waals surface area (Å²) in [6, 6.07) is 5.39. The molecule has 2 heterocycles. The van der Waals surface area contributed by atoms with Gasteiger partial charge in [0.2, 0.25) is 0 Å². The fourth-order valence-corrected chi connectivity index (χ4v) is 5.65. The van der Waals surface area contributed by atoms with Gasteiger partial charge >= 0.3 is 12.1 Å². The Bertz CT molecular complexity index is 1330. The van der Waals surface area contributed by atoms with E-state index in [0.29, 0.717) is 42.9 Å². The molecule has 1 saturated heterocycles. The highest BCUT2D eigenvalue weighted by Gasteiger charge is 2.37. The van der Waals surface area contributed by atoms with Crippen molar-refractivity contribution < 1.29 is 41.6 Å². The lowest BCUT2D eigenvalue weighted by Crippen LogP contribution is -2.56. The zero-order valence-corrected chi connectivity index (χ0v) is 20.3. The van der Waals surface area contributed by atoms with Crippen LogP contribution >= 0.6 is 0 Å². The lowest BCUT2D eigenvalue weighted by Gasteiger charge is -2.29. The third-order valence-electron chi connectivity index (χ3n) is 6.54. The van der Waals surface area contributed by atoms with Crippen LogP contribution in [0.1, 0.15) is 52.7 Å². The van der Waals surface area contributed by atoms with Crippen molar-refractivity contribution in [2.75, 3.05) is 18.8 Å². The van der Waals surface area contributed by atoms with Crippen molar-refractivity contribution in [1.82, 2.24) is 9.29 Å². The molecule has 194 valence electrons. The fourth-order valence-electron chi connectivity index (χ4n) is 4.50. The minimum absolute atomic E-state index is 0.0595. The number of amides is 1. The van der Waals surface area contributed by atoms with E-state index in [1.54, 1.807) is 23.5 Å². The number of carbonyl (C=O) groups excluding carboxylic acids is 1. The Labute approximate surface area is 206 Å². The number of quaternary nitrogens is 1. The van der Waals surface area contributed by atoms with Gasteiger partial charge in [-0.15, -0.1) is 0 Å².